The molecule has 0 spiro atoms. The van der Waals surface area contributed by atoms with Crippen LogP contribution in [0.3, 0.4) is 0 Å². The zero-order valence-corrected chi connectivity index (χ0v) is 10.1. The first-order valence-electron chi connectivity index (χ1n) is 5.32. The zero-order valence-electron chi connectivity index (χ0n) is 10.1. The standard InChI is InChI=1S/C12H14F3NO2/c1-9(10-6-4-3-5-7-10)16(2)11(17)18-8-12(13,14)15/h3-7,9H,8H2,1-2H3. The van der Waals surface area contributed by atoms with Crippen LogP contribution in [0.2, 0.25) is 0 Å². The van der Waals surface area contributed by atoms with Gasteiger partial charge >= 0.3 is 12.3 Å². The summed E-state index contributed by atoms with van der Waals surface area (Å²) in [7, 11) is 1.40. The second kappa shape index (κ2) is 5.75. The van der Waals surface area contributed by atoms with Gasteiger partial charge in [-0.2, -0.15) is 13.2 Å². The first-order valence-corrected chi connectivity index (χ1v) is 5.32. The van der Waals surface area contributed by atoms with Gasteiger partial charge in [-0.25, -0.2) is 4.79 Å². The highest BCUT2D eigenvalue weighted by Gasteiger charge is 2.31. The molecule has 0 radical (unpaired) electrons. The highest BCUT2D eigenvalue weighted by molar-refractivity contribution is 5.67. The summed E-state index contributed by atoms with van der Waals surface area (Å²) >= 11 is 0. The Balaban J connectivity index is 2.59. The van der Waals surface area contributed by atoms with Crippen LogP contribution >= 0.6 is 0 Å². The third kappa shape index (κ3) is 4.27. The maximum absolute atomic E-state index is 11.9. The van der Waals surface area contributed by atoms with E-state index in [-0.39, 0.29) is 6.04 Å². The first-order chi connectivity index (χ1) is 8.31. The molecule has 1 aromatic rings. The van der Waals surface area contributed by atoms with E-state index >= 15 is 0 Å². The lowest BCUT2D eigenvalue weighted by molar-refractivity contribution is -0.162. The molecule has 6 heteroatoms. The highest BCUT2D eigenvalue weighted by Crippen LogP contribution is 2.20. The Morgan fingerprint density at radius 1 is 1.33 bits per heavy atom. The molecular weight excluding hydrogens is 247 g/mol. The first kappa shape index (κ1) is 14.3. The molecule has 0 bridgehead atoms. The maximum Gasteiger partial charge on any atom is 0.422 e. The molecule has 1 atom stereocenters. The van der Waals surface area contributed by atoms with E-state index < -0.39 is 18.9 Å². The Hall–Kier alpha value is -1.72. The molecule has 0 heterocycles. The topological polar surface area (TPSA) is 29.5 Å². The summed E-state index contributed by atoms with van der Waals surface area (Å²) < 4.78 is 39.9. The molecule has 3 nitrogen and oxygen atoms in total. The van der Waals surface area contributed by atoms with Crippen molar-refractivity contribution in [2.45, 2.75) is 19.1 Å². The van der Waals surface area contributed by atoms with E-state index in [4.69, 9.17) is 0 Å². The van der Waals surface area contributed by atoms with Crippen molar-refractivity contribution in [1.82, 2.24) is 4.90 Å². The van der Waals surface area contributed by atoms with Gasteiger partial charge in [0.15, 0.2) is 6.61 Å². The van der Waals surface area contributed by atoms with Crippen LogP contribution in [0.15, 0.2) is 30.3 Å². The van der Waals surface area contributed by atoms with E-state index in [1.807, 2.05) is 6.07 Å². The number of benzene rings is 1. The molecule has 0 aliphatic carbocycles. The molecule has 0 N–H and O–H groups in total. The Labute approximate surface area is 103 Å². The van der Waals surface area contributed by atoms with Crippen LogP contribution in [0.25, 0.3) is 0 Å². The second-order valence-corrected chi connectivity index (χ2v) is 3.87. The number of hydrogen-bond acceptors (Lipinski definition) is 2. The molecule has 0 fully saturated rings. The minimum absolute atomic E-state index is 0.355. The quantitative estimate of drug-likeness (QED) is 0.834. The minimum Gasteiger partial charge on any atom is -0.440 e. The normalized spacial score (nSPS) is 12.9. The largest absolute Gasteiger partial charge is 0.440 e. The van der Waals surface area contributed by atoms with Crippen molar-refractivity contribution in [1.29, 1.82) is 0 Å². The number of nitrogens with zero attached hydrogens (tertiary/aromatic N) is 1. The zero-order chi connectivity index (χ0) is 13.8. The monoisotopic (exact) mass is 261 g/mol. The van der Waals surface area contributed by atoms with Gasteiger partial charge in [-0.05, 0) is 12.5 Å². The molecule has 1 aromatic carbocycles. The van der Waals surface area contributed by atoms with E-state index in [1.54, 1.807) is 31.2 Å². The number of rotatable bonds is 3. The van der Waals surface area contributed by atoms with E-state index in [9.17, 15) is 18.0 Å². The van der Waals surface area contributed by atoms with Gasteiger partial charge in [-0.15, -0.1) is 0 Å². The average molecular weight is 261 g/mol. The molecule has 18 heavy (non-hydrogen) atoms. The minimum atomic E-state index is -4.51. The predicted octanol–water partition coefficient (Wildman–Crippen LogP) is 3.38. The highest BCUT2D eigenvalue weighted by atomic mass is 19.4. The summed E-state index contributed by atoms with van der Waals surface area (Å²) in [5.74, 6) is 0. The molecule has 1 amide bonds. The fraction of sp³-hybridized carbons (Fsp3) is 0.417. The predicted molar refractivity (Wildman–Crippen MR) is 60.0 cm³/mol. The molecule has 0 aliphatic rings. The molecule has 0 aliphatic heterocycles. The van der Waals surface area contributed by atoms with Crippen LogP contribution in [0.4, 0.5) is 18.0 Å². The van der Waals surface area contributed by atoms with E-state index in [2.05, 4.69) is 4.74 Å². The van der Waals surface area contributed by atoms with Crippen molar-refractivity contribution in [3.8, 4) is 0 Å². The number of amides is 1. The lowest BCUT2D eigenvalue weighted by atomic mass is 10.1. The van der Waals surface area contributed by atoms with Crippen molar-refractivity contribution >= 4 is 6.09 Å². The molecule has 0 saturated heterocycles. The van der Waals surface area contributed by atoms with Gasteiger partial charge in [0.2, 0.25) is 0 Å². The Morgan fingerprint density at radius 3 is 2.39 bits per heavy atom. The van der Waals surface area contributed by atoms with Gasteiger partial charge in [0.25, 0.3) is 0 Å². The number of halogens is 3. The SMILES string of the molecule is CC(c1ccccc1)N(C)C(=O)OCC(F)(F)F. The Morgan fingerprint density at radius 2 is 1.89 bits per heavy atom. The maximum atomic E-state index is 11.9. The molecule has 0 aromatic heterocycles. The summed E-state index contributed by atoms with van der Waals surface area (Å²) in [6.07, 6.45) is -5.50. The van der Waals surface area contributed by atoms with Crippen LogP contribution in [0, 0.1) is 0 Å². The fourth-order valence-corrected chi connectivity index (χ4v) is 1.36. The summed E-state index contributed by atoms with van der Waals surface area (Å²) in [5, 5.41) is 0. The van der Waals surface area contributed by atoms with E-state index in [1.165, 1.54) is 7.05 Å². The van der Waals surface area contributed by atoms with Crippen LogP contribution in [0.5, 0.6) is 0 Å². The second-order valence-electron chi connectivity index (χ2n) is 3.87. The van der Waals surface area contributed by atoms with Crippen molar-refractivity contribution in [3.63, 3.8) is 0 Å². The van der Waals surface area contributed by atoms with Crippen molar-refractivity contribution in [2.75, 3.05) is 13.7 Å². The van der Waals surface area contributed by atoms with Gasteiger partial charge in [0.1, 0.15) is 0 Å². The Bertz CT molecular complexity index is 392. The number of alkyl halides is 3. The van der Waals surface area contributed by atoms with Crippen molar-refractivity contribution < 1.29 is 22.7 Å². The lowest BCUT2D eigenvalue weighted by Crippen LogP contribution is -2.33. The van der Waals surface area contributed by atoms with Crippen molar-refractivity contribution in [3.05, 3.63) is 35.9 Å². The van der Waals surface area contributed by atoms with Gasteiger partial charge in [0.05, 0.1) is 6.04 Å². The van der Waals surface area contributed by atoms with E-state index in [0.717, 1.165) is 10.5 Å². The van der Waals surface area contributed by atoms with Gasteiger partial charge in [0, 0.05) is 7.05 Å². The van der Waals surface area contributed by atoms with Crippen LogP contribution in [-0.4, -0.2) is 30.8 Å². The lowest BCUT2D eigenvalue weighted by Gasteiger charge is -2.24. The number of carbonyl (C=O) groups is 1. The molecular formula is C12H14F3NO2. The summed E-state index contributed by atoms with van der Waals surface area (Å²) in [5.41, 5.74) is 0.823. The summed E-state index contributed by atoms with van der Waals surface area (Å²) in [4.78, 5) is 12.5. The number of carbonyl (C=O) groups excluding carboxylic acids is 1. The molecule has 1 rings (SSSR count). The smallest absolute Gasteiger partial charge is 0.422 e. The summed E-state index contributed by atoms with van der Waals surface area (Å²) in [6.45, 7) is 0.141. The van der Waals surface area contributed by atoms with Crippen LogP contribution in [-0.2, 0) is 4.74 Å². The number of ether oxygens (including phenoxy) is 1. The fourth-order valence-electron chi connectivity index (χ4n) is 1.36. The van der Waals surface area contributed by atoms with E-state index in [0.29, 0.717) is 0 Å². The van der Waals surface area contributed by atoms with Crippen LogP contribution < -0.4 is 0 Å². The van der Waals surface area contributed by atoms with Crippen LogP contribution in [0.1, 0.15) is 18.5 Å². The summed E-state index contributed by atoms with van der Waals surface area (Å²) in [6, 6.07) is 8.63. The molecule has 1 unspecified atom stereocenters. The van der Waals surface area contributed by atoms with Gasteiger partial charge in [-0.3, -0.25) is 0 Å². The van der Waals surface area contributed by atoms with Gasteiger partial charge in [-0.1, -0.05) is 30.3 Å². The van der Waals surface area contributed by atoms with Gasteiger partial charge < -0.3 is 9.64 Å². The average Bonchev–Trinajstić information content (AvgIpc) is 2.34. The molecule has 0 saturated carbocycles. The Kier molecular flexibility index (Phi) is 4.58. The molecule has 100 valence electrons. The third-order valence-electron chi connectivity index (χ3n) is 2.51. The number of hydrogen-bond donors (Lipinski definition) is 0. The van der Waals surface area contributed by atoms with Crippen molar-refractivity contribution in [2.24, 2.45) is 0 Å². The third-order valence-corrected chi connectivity index (χ3v) is 2.51.